The van der Waals surface area contributed by atoms with E-state index in [9.17, 15) is 13.2 Å². The second-order valence-electron chi connectivity index (χ2n) is 3.28. The van der Waals surface area contributed by atoms with Crippen molar-refractivity contribution in [2.75, 3.05) is 6.61 Å². The summed E-state index contributed by atoms with van der Waals surface area (Å²) in [6.07, 6.45) is -2.38. The van der Waals surface area contributed by atoms with Gasteiger partial charge in [0.1, 0.15) is 5.76 Å². The van der Waals surface area contributed by atoms with Crippen LogP contribution in [0.3, 0.4) is 0 Å². The molecule has 0 atom stereocenters. The number of ether oxygens (including phenoxy) is 1. The number of hydrogen-bond acceptors (Lipinski definition) is 1. The van der Waals surface area contributed by atoms with Crippen molar-refractivity contribution < 1.29 is 17.9 Å². The maximum Gasteiger partial charge on any atom is 0.419 e. The first-order valence-electron chi connectivity index (χ1n) is 4.92. The molecule has 0 rings (SSSR count). The summed E-state index contributed by atoms with van der Waals surface area (Å²) in [6.45, 7) is 6.55. The molecule has 88 valence electrons. The lowest BCUT2D eigenvalue weighted by molar-refractivity contribution is -0.0946. The zero-order valence-electron chi connectivity index (χ0n) is 9.53. The molecule has 0 aromatic rings. The van der Waals surface area contributed by atoms with Gasteiger partial charge >= 0.3 is 6.18 Å². The summed E-state index contributed by atoms with van der Waals surface area (Å²) in [7, 11) is 0. The molecule has 0 aromatic heterocycles. The summed E-state index contributed by atoms with van der Waals surface area (Å²) in [5.74, 6) is -0.0625. The van der Waals surface area contributed by atoms with Gasteiger partial charge in [-0.2, -0.15) is 13.2 Å². The van der Waals surface area contributed by atoms with Crippen LogP contribution in [0.2, 0.25) is 0 Å². The Morgan fingerprint density at radius 3 is 2.00 bits per heavy atom. The van der Waals surface area contributed by atoms with Crippen molar-refractivity contribution in [1.82, 2.24) is 0 Å². The lowest BCUT2D eigenvalue weighted by Gasteiger charge is -2.17. The average Bonchev–Trinajstić information content (AvgIpc) is 2.01. The standard InChI is InChI=1S/C11H17F3O/c1-5-7-9(15-6-2)10(8(3)4)11(12,13)14/h7H,5-6H2,1-4H3. The molecule has 0 aliphatic heterocycles. The van der Waals surface area contributed by atoms with Crippen LogP contribution < -0.4 is 0 Å². The van der Waals surface area contributed by atoms with Crippen molar-refractivity contribution in [3.63, 3.8) is 0 Å². The van der Waals surface area contributed by atoms with Crippen LogP contribution in [-0.2, 0) is 4.74 Å². The van der Waals surface area contributed by atoms with E-state index in [4.69, 9.17) is 4.74 Å². The minimum atomic E-state index is -4.35. The first kappa shape index (κ1) is 14.1. The number of allylic oxidation sites excluding steroid dienone is 3. The zero-order chi connectivity index (χ0) is 12.1. The number of alkyl halides is 3. The number of halogens is 3. The van der Waals surface area contributed by atoms with Crippen LogP contribution in [0.25, 0.3) is 0 Å². The lowest BCUT2D eigenvalue weighted by Crippen LogP contribution is -2.17. The molecule has 0 saturated carbocycles. The van der Waals surface area contributed by atoms with Gasteiger partial charge in [-0.05, 0) is 33.3 Å². The first-order chi connectivity index (χ1) is 6.84. The molecule has 0 spiro atoms. The van der Waals surface area contributed by atoms with Gasteiger partial charge in [-0.15, -0.1) is 0 Å². The van der Waals surface area contributed by atoms with Crippen LogP contribution in [0.1, 0.15) is 34.1 Å². The number of rotatable bonds is 4. The van der Waals surface area contributed by atoms with Crippen molar-refractivity contribution in [3.05, 3.63) is 23.0 Å². The summed E-state index contributed by atoms with van der Waals surface area (Å²) >= 11 is 0. The fourth-order valence-electron chi connectivity index (χ4n) is 1.24. The Labute approximate surface area is 88.6 Å². The third-order valence-electron chi connectivity index (χ3n) is 1.72. The van der Waals surface area contributed by atoms with Gasteiger partial charge in [0, 0.05) is 0 Å². The van der Waals surface area contributed by atoms with Crippen LogP contribution in [0.15, 0.2) is 23.0 Å². The van der Waals surface area contributed by atoms with Crippen molar-refractivity contribution in [3.8, 4) is 0 Å². The number of hydrogen-bond donors (Lipinski definition) is 0. The second kappa shape index (κ2) is 5.83. The van der Waals surface area contributed by atoms with E-state index in [0.717, 1.165) is 0 Å². The molecule has 0 radical (unpaired) electrons. The molecule has 4 heteroatoms. The highest BCUT2D eigenvalue weighted by Crippen LogP contribution is 2.34. The smallest absolute Gasteiger partial charge is 0.419 e. The maximum atomic E-state index is 12.7. The van der Waals surface area contributed by atoms with E-state index >= 15 is 0 Å². The predicted octanol–water partition coefficient (Wildman–Crippen LogP) is 4.22. The maximum absolute atomic E-state index is 12.7. The van der Waals surface area contributed by atoms with E-state index in [1.807, 2.05) is 0 Å². The van der Waals surface area contributed by atoms with Crippen LogP contribution in [-0.4, -0.2) is 12.8 Å². The van der Waals surface area contributed by atoms with Crippen LogP contribution in [0.4, 0.5) is 13.2 Å². The molecule has 15 heavy (non-hydrogen) atoms. The molecular formula is C11H17F3O. The molecule has 0 bridgehead atoms. The Kier molecular flexibility index (Phi) is 5.47. The zero-order valence-corrected chi connectivity index (χ0v) is 9.53. The van der Waals surface area contributed by atoms with Gasteiger partial charge in [0.25, 0.3) is 0 Å². The van der Waals surface area contributed by atoms with E-state index in [1.54, 1.807) is 13.8 Å². The lowest BCUT2D eigenvalue weighted by atomic mass is 10.1. The Bertz CT molecular complexity index is 257. The predicted molar refractivity (Wildman–Crippen MR) is 54.4 cm³/mol. The topological polar surface area (TPSA) is 9.23 Å². The molecule has 0 unspecified atom stereocenters. The molecular weight excluding hydrogens is 205 g/mol. The summed E-state index contributed by atoms with van der Waals surface area (Å²) in [5.41, 5.74) is -0.443. The van der Waals surface area contributed by atoms with E-state index in [1.165, 1.54) is 19.9 Å². The Hall–Kier alpha value is -0.930. The summed E-state index contributed by atoms with van der Waals surface area (Å²) in [5, 5.41) is 0. The molecule has 0 saturated heterocycles. The SMILES string of the molecule is CCC=C(OCC)C(=C(C)C)C(F)(F)F. The van der Waals surface area contributed by atoms with Gasteiger partial charge < -0.3 is 4.74 Å². The Balaban J connectivity index is 5.24. The summed E-state index contributed by atoms with van der Waals surface area (Å²) in [6, 6.07) is 0. The quantitative estimate of drug-likeness (QED) is 0.511. The van der Waals surface area contributed by atoms with Crippen molar-refractivity contribution in [2.45, 2.75) is 40.3 Å². The highest BCUT2D eigenvalue weighted by molar-refractivity contribution is 5.33. The average molecular weight is 222 g/mol. The highest BCUT2D eigenvalue weighted by Gasteiger charge is 2.37. The van der Waals surface area contributed by atoms with Gasteiger partial charge in [-0.3, -0.25) is 0 Å². The van der Waals surface area contributed by atoms with Crippen LogP contribution in [0, 0.1) is 0 Å². The Morgan fingerprint density at radius 1 is 1.20 bits per heavy atom. The third kappa shape index (κ3) is 4.40. The van der Waals surface area contributed by atoms with Gasteiger partial charge in [0.2, 0.25) is 0 Å². The molecule has 0 amide bonds. The van der Waals surface area contributed by atoms with E-state index in [-0.39, 0.29) is 17.9 Å². The van der Waals surface area contributed by atoms with E-state index in [2.05, 4.69) is 0 Å². The van der Waals surface area contributed by atoms with Gasteiger partial charge in [0.15, 0.2) is 0 Å². The monoisotopic (exact) mass is 222 g/mol. The van der Waals surface area contributed by atoms with E-state index < -0.39 is 11.7 Å². The minimum Gasteiger partial charge on any atom is -0.494 e. The van der Waals surface area contributed by atoms with Gasteiger partial charge in [-0.25, -0.2) is 0 Å². The third-order valence-corrected chi connectivity index (χ3v) is 1.72. The Morgan fingerprint density at radius 2 is 1.73 bits per heavy atom. The van der Waals surface area contributed by atoms with Crippen molar-refractivity contribution in [2.24, 2.45) is 0 Å². The van der Waals surface area contributed by atoms with E-state index in [0.29, 0.717) is 6.42 Å². The highest BCUT2D eigenvalue weighted by atomic mass is 19.4. The van der Waals surface area contributed by atoms with Gasteiger partial charge in [-0.1, -0.05) is 12.5 Å². The molecule has 0 N–H and O–H groups in total. The van der Waals surface area contributed by atoms with Crippen molar-refractivity contribution >= 4 is 0 Å². The molecule has 0 aromatic carbocycles. The normalized spacial score (nSPS) is 12.6. The molecule has 0 fully saturated rings. The van der Waals surface area contributed by atoms with Crippen molar-refractivity contribution in [1.29, 1.82) is 0 Å². The minimum absolute atomic E-state index is 0.0625. The molecule has 0 heterocycles. The van der Waals surface area contributed by atoms with Crippen LogP contribution >= 0.6 is 0 Å². The second-order valence-corrected chi connectivity index (χ2v) is 3.28. The first-order valence-corrected chi connectivity index (χ1v) is 4.92. The molecule has 1 nitrogen and oxygen atoms in total. The van der Waals surface area contributed by atoms with Gasteiger partial charge in [0.05, 0.1) is 12.2 Å². The largest absolute Gasteiger partial charge is 0.494 e. The summed E-state index contributed by atoms with van der Waals surface area (Å²) in [4.78, 5) is 0. The summed E-state index contributed by atoms with van der Waals surface area (Å²) < 4.78 is 43.1. The fraction of sp³-hybridized carbons (Fsp3) is 0.636. The molecule has 0 aliphatic rings. The van der Waals surface area contributed by atoms with Crippen LogP contribution in [0.5, 0.6) is 0 Å². The molecule has 0 aliphatic carbocycles. The fourth-order valence-corrected chi connectivity index (χ4v) is 1.24.